The van der Waals surface area contributed by atoms with Crippen LogP contribution in [0.25, 0.3) is 16.6 Å². The fourth-order valence-electron chi connectivity index (χ4n) is 3.21. The minimum Gasteiger partial charge on any atom is -0.489 e. The second kappa shape index (κ2) is 6.42. The molecule has 1 aliphatic heterocycles. The van der Waals surface area contributed by atoms with Gasteiger partial charge in [-0.05, 0) is 62.7 Å². The zero-order valence-corrected chi connectivity index (χ0v) is 14.3. The van der Waals surface area contributed by atoms with Crippen LogP contribution in [0.15, 0.2) is 36.7 Å². The van der Waals surface area contributed by atoms with Crippen LogP contribution in [0, 0.1) is 6.92 Å². The van der Waals surface area contributed by atoms with Gasteiger partial charge in [-0.25, -0.2) is 0 Å². The Morgan fingerprint density at radius 2 is 2.04 bits per heavy atom. The Balaban J connectivity index is 1.81. The first-order chi connectivity index (χ1) is 11.7. The van der Waals surface area contributed by atoms with Crippen LogP contribution in [0.3, 0.4) is 0 Å². The predicted octanol–water partition coefficient (Wildman–Crippen LogP) is 3.49. The Kier molecular flexibility index (Phi) is 4.12. The molecule has 24 heavy (non-hydrogen) atoms. The average Bonchev–Trinajstić information content (AvgIpc) is 3.02. The maximum atomic E-state index is 6.39. The van der Waals surface area contributed by atoms with Gasteiger partial charge >= 0.3 is 0 Å². The predicted molar refractivity (Wildman–Crippen MR) is 94.7 cm³/mol. The molecule has 1 aromatic carbocycles. The third kappa shape index (κ3) is 2.85. The van der Waals surface area contributed by atoms with E-state index in [1.807, 2.05) is 37.4 Å². The minimum atomic E-state index is 0.227. The third-order valence-corrected chi connectivity index (χ3v) is 4.62. The molecule has 0 unspecified atom stereocenters. The highest BCUT2D eigenvalue weighted by molar-refractivity contribution is 6.31. The van der Waals surface area contributed by atoms with Gasteiger partial charge in [0.05, 0.1) is 11.7 Å². The second-order valence-electron chi connectivity index (χ2n) is 6.12. The van der Waals surface area contributed by atoms with Gasteiger partial charge in [-0.1, -0.05) is 11.6 Å². The van der Waals surface area contributed by atoms with E-state index < -0.39 is 0 Å². The van der Waals surface area contributed by atoms with Gasteiger partial charge in [0.15, 0.2) is 0 Å². The minimum absolute atomic E-state index is 0.227. The van der Waals surface area contributed by atoms with Gasteiger partial charge in [-0.15, -0.1) is 0 Å². The van der Waals surface area contributed by atoms with Crippen molar-refractivity contribution in [1.82, 2.24) is 20.1 Å². The van der Waals surface area contributed by atoms with E-state index in [0.29, 0.717) is 5.02 Å². The lowest BCUT2D eigenvalue weighted by atomic mass is 10.0. The zero-order valence-electron chi connectivity index (χ0n) is 13.5. The molecule has 5 nitrogen and oxygen atoms in total. The number of aromatic nitrogens is 3. The van der Waals surface area contributed by atoms with E-state index in [9.17, 15) is 0 Å². The maximum Gasteiger partial charge on any atom is 0.130 e. The molecule has 3 aromatic rings. The molecule has 0 aliphatic carbocycles. The van der Waals surface area contributed by atoms with Crippen LogP contribution < -0.4 is 10.1 Å². The summed E-state index contributed by atoms with van der Waals surface area (Å²) < 4.78 is 8.01. The molecule has 0 atom stereocenters. The van der Waals surface area contributed by atoms with Crippen LogP contribution in [0.5, 0.6) is 5.75 Å². The van der Waals surface area contributed by atoms with Crippen molar-refractivity contribution in [3.63, 3.8) is 0 Å². The number of nitrogens with zero attached hydrogens (tertiary/aromatic N) is 3. The standard InChI is InChI=1S/C18H19ClN4O/c1-12-9-13(19)10-15(18(12)24-14-4-7-20-8-5-14)16-11-22-23-17(16)3-2-6-21-23/h2-3,6,9-11,14,20H,4-5,7-8H2,1H3. The van der Waals surface area contributed by atoms with Crippen molar-refractivity contribution in [1.29, 1.82) is 0 Å². The van der Waals surface area contributed by atoms with Gasteiger partial charge in [0.1, 0.15) is 11.9 Å². The first-order valence-electron chi connectivity index (χ1n) is 8.19. The molecule has 124 valence electrons. The first-order valence-corrected chi connectivity index (χ1v) is 8.57. The fraction of sp³-hybridized carbons (Fsp3) is 0.333. The Labute approximate surface area is 145 Å². The number of hydrogen-bond donors (Lipinski definition) is 1. The summed E-state index contributed by atoms with van der Waals surface area (Å²) in [5, 5.41) is 12.6. The zero-order chi connectivity index (χ0) is 16.5. The van der Waals surface area contributed by atoms with Gasteiger partial charge < -0.3 is 10.1 Å². The summed E-state index contributed by atoms with van der Waals surface area (Å²) in [6, 6.07) is 7.81. The summed E-state index contributed by atoms with van der Waals surface area (Å²) in [5.41, 5.74) is 3.94. The van der Waals surface area contributed by atoms with E-state index in [0.717, 1.165) is 53.9 Å². The van der Waals surface area contributed by atoms with E-state index in [4.69, 9.17) is 16.3 Å². The number of benzene rings is 1. The van der Waals surface area contributed by atoms with Gasteiger partial charge in [0.2, 0.25) is 0 Å². The highest BCUT2D eigenvalue weighted by atomic mass is 35.5. The van der Waals surface area contributed by atoms with Crippen LogP contribution in [-0.4, -0.2) is 34.0 Å². The molecule has 1 saturated heterocycles. The first kappa shape index (κ1) is 15.4. The van der Waals surface area contributed by atoms with E-state index in [2.05, 4.69) is 15.5 Å². The van der Waals surface area contributed by atoms with E-state index in [-0.39, 0.29) is 6.10 Å². The van der Waals surface area contributed by atoms with Crippen LogP contribution in [0.1, 0.15) is 18.4 Å². The lowest BCUT2D eigenvalue weighted by Crippen LogP contribution is -2.34. The van der Waals surface area contributed by atoms with Crippen molar-refractivity contribution in [3.8, 4) is 16.9 Å². The van der Waals surface area contributed by atoms with Crippen molar-refractivity contribution >= 4 is 17.1 Å². The van der Waals surface area contributed by atoms with Crippen LogP contribution >= 0.6 is 11.6 Å². The van der Waals surface area contributed by atoms with Crippen molar-refractivity contribution in [2.75, 3.05) is 13.1 Å². The van der Waals surface area contributed by atoms with Crippen LogP contribution in [0.2, 0.25) is 5.02 Å². The molecule has 0 bridgehead atoms. The SMILES string of the molecule is Cc1cc(Cl)cc(-c2cnn3ncccc23)c1OC1CCNCC1. The third-order valence-electron chi connectivity index (χ3n) is 4.40. The molecule has 1 fully saturated rings. The Morgan fingerprint density at radius 3 is 2.88 bits per heavy atom. The Bertz CT molecular complexity index is 871. The number of piperidine rings is 1. The van der Waals surface area contributed by atoms with Crippen molar-refractivity contribution in [2.45, 2.75) is 25.9 Å². The summed E-state index contributed by atoms with van der Waals surface area (Å²) >= 11 is 6.32. The molecule has 2 aromatic heterocycles. The number of hydrogen-bond acceptors (Lipinski definition) is 4. The van der Waals surface area contributed by atoms with Gasteiger partial charge in [0.25, 0.3) is 0 Å². The van der Waals surface area contributed by atoms with E-state index in [1.165, 1.54) is 0 Å². The number of halogens is 1. The summed E-state index contributed by atoms with van der Waals surface area (Å²) in [7, 11) is 0. The molecule has 0 saturated carbocycles. The normalized spacial score (nSPS) is 15.8. The molecular formula is C18H19ClN4O. The molecule has 0 amide bonds. The van der Waals surface area contributed by atoms with Crippen molar-refractivity contribution in [3.05, 3.63) is 47.2 Å². The van der Waals surface area contributed by atoms with E-state index >= 15 is 0 Å². The number of ether oxygens (including phenoxy) is 1. The monoisotopic (exact) mass is 342 g/mol. The molecule has 1 N–H and O–H groups in total. The number of nitrogens with one attached hydrogen (secondary N) is 1. The molecule has 0 radical (unpaired) electrons. The fourth-order valence-corrected chi connectivity index (χ4v) is 3.48. The molecular weight excluding hydrogens is 324 g/mol. The highest BCUT2D eigenvalue weighted by Gasteiger charge is 2.20. The molecule has 0 spiro atoms. The van der Waals surface area contributed by atoms with Crippen LogP contribution in [0.4, 0.5) is 0 Å². The summed E-state index contributed by atoms with van der Waals surface area (Å²) in [4.78, 5) is 0. The molecule has 1 aliphatic rings. The quantitative estimate of drug-likeness (QED) is 0.791. The lowest BCUT2D eigenvalue weighted by Gasteiger charge is -2.26. The highest BCUT2D eigenvalue weighted by Crippen LogP contribution is 2.38. The van der Waals surface area contributed by atoms with Crippen LogP contribution in [-0.2, 0) is 0 Å². The van der Waals surface area contributed by atoms with Crippen molar-refractivity contribution in [2.24, 2.45) is 0 Å². The van der Waals surface area contributed by atoms with Gasteiger partial charge in [0, 0.05) is 22.3 Å². The maximum absolute atomic E-state index is 6.39. The number of rotatable bonds is 3. The second-order valence-corrected chi connectivity index (χ2v) is 6.56. The topological polar surface area (TPSA) is 51.5 Å². The van der Waals surface area contributed by atoms with E-state index in [1.54, 1.807) is 10.8 Å². The molecule has 6 heteroatoms. The Morgan fingerprint density at radius 1 is 1.21 bits per heavy atom. The Hall–Kier alpha value is -2.11. The summed E-state index contributed by atoms with van der Waals surface area (Å²) in [6.45, 7) is 4.02. The largest absolute Gasteiger partial charge is 0.489 e. The van der Waals surface area contributed by atoms with Gasteiger partial charge in [-0.3, -0.25) is 0 Å². The summed E-state index contributed by atoms with van der Waals surface area (Å²) in [6.07, 6.45) is 5.79. The number of fused-ring (bicyclic) bond motifs is 1. The number of aryl methyl sites for hydroxylation is 1. The molecule has 3 heterocycles. The summed E-state index contributed by atoms with van der Waals surface area (Å²) in [5.74, 6) is 0.894. The average molecular weight is 343 g/mol. The van der Waals surface area contributed by atoms with Crippen molar-refractivity contribution < 1.29 is 4.74 Å². The molecule has 4 rings (SSSR count). The lowest BCUT2D eigenvalue weighted by molar-refractivity contribution is 0.162. The van der Waals surface area contributed by atoms with Gasteiger partial charge in [-0.2, -0.15) is 14.8 Å². The smallest absolute Gasteiger partial charge is 0.130 e.